The average Bonchev–Trinajstić information content (AvgIpc) is 2.02. The topological polar surface area (TPSA) is 41.8 Å². The summed E-state index contributed by atoms with van der Waals surface area (Å²) in [5, 5.41) is 12.7. The van der Waals surface area contributed by atoms with Crippen LogP contribution >= 0.6 is 15.9 Å². The van der Waals surface area contributed by atoms with E-state index in [-0.39, 0.29) is 5.46 Å². The molecule has 1 aromatic carbocycles. The number of rotatable bonds is 0. The number of hydrogen-bond acceptors (Lipinski definition) is 3. The highest BCUT2D eigenvalue weighted by molar-refractivity contribution is 9.10. The maximum absolute atomic E-state index is 13.3. The zero-order valence-electron chi connectivity index (χ0n) is 6.37. The Hall–Kier alpha value is -0.875. The highest BCUT2D eigenvalue weighted by atomic mass is 79.9. The Kier molecular flexibility index (Phi) is 2.09. The fraction of sp³-hybridized carbons (Fsp3) is 0. The zero-order valence-corrected chi connectivity index (χ0v) is 7.95. The van der Waals surface area contributed by atoms with Gasteiger partial charge in [-0.3, -0.25) is 0 Å². The fourth-order valence-corrected chi connectivity index (χ4v) is 1.62. The summed E-state index contributed by atoms with van der Waals surface area (Å²) in [5.74, 6) is -0.511. The smallest absolute Gasteiger partial charge is 0.427 e. The Morgan fingerprint density at radius 3 is 3.08 bits per heavy atom. The van der Waals surface area contributed by atoms with Crippen molar-refractivity contribution >= 4 is 34.7 Å². The van der Waals surface area contributed by atoms with Gasteiger partial charge in [-0.2, -0.15) is 0 Å². The summed E-state index contributed by atoms with van der Waals surface area (Å²) in [5.41, 5.74) is 0.642. The van der Waals surface area contributed by atoms with Gasteiger partial charge in [-0.15, -0.1) is 5.16 Å². The van der Waals surface area contributed by atoms with Crippen LogP contribution in [0.5, 0.6) is 0 Å². The molecule has 0 bridgehead atoms. The monoisotopic (exact) mass is 243 g/mol. The summed E-state index contributed by atoms with van der Waals surface area (Å²) in [6.07, 6.45) is 1.36. The fourth-order valence-electron chi connectivity index (χ4n) is 1.17. The van der Waals surface area contributed by atoms with Gasteiger partial charge in [-0.05, 0) is 12.1 Å². The number of halogens is 2. The lowest BCUT2D eigenvalue weighted by Crippen LogP contribution is -2.40. The van der Waals surface area contributed by atoms with Crippen LogP contribution in [0.4, 0.5) is 4.39 Å². The molecule has 0 amide bonds. The summed E-state index contributed by atoms with van der Waals surface area (Å²) < 4.78 is 18.3. The molecule has 1 aromatic rings. The third-order valence-corrected chi connectivity index (χ3v) is 2.18. The molecule has 0 saturated carbocycles. The van der Waals surface area contributed by atoms with Crippen LogP contribution in [0.25, 0.3) is 0 Å². The molecule has 1 heterocycles. The van der Waals surface area contributed by atoms with Crippen LogP contribution in [0, 0.1) is 5.82 Å². The van der Waals surface area contributed by atoms with E-state index in [4.69, 9.17) is 0 Å². The van der Waals surface area contributed by atoms with Crippen LogP contribution in [0.3, 0.4) is 0 Å². The van der Waals surface area contributed by atoms with Gasteiger partial charge in [-0.1, -0.05) is 15.9 Å². The van der Waals surface area contributed by atoms with Crippen LogP contribution in [-0.2, 0) is 4.76 Å². The molecule has 1 aliphatic rings. The van der Waals surface area contributed by atoms with E-state index in [1.165, 1.54) is 12.3 Å². The summed E-state index contributed by atoms with van der Waals surface area (Å²) >= 11 is 3.14. The summed E-state index contributed by atoms with van der Waals surface area (Å²) in [7, 11) is -1.31. The molecule has 0 fully saturated rings. The Morgan fingerprint density at radius 1 is 1.54 bits per heavy atom. The van der Waals surface area contributed by atoms with E-state index >= 15 is 0 Å². The molecule has 0 unspecified atom stereocenters. The highest BCUT2D eigenvalue weighted by Crippen LogP contribution is 2.14. The largest absolute Gasteiger partial charge is 0.586 e. The van der Waals surface area contributed by atoms with Crippen molar-refractivity contribution in [3.05, 3.63) is 28.0 Å². The number of oxime groups is 1. The number of benzene rings is 1. The molecule has 66 valence electrons. The van der Waals surface area contributed by atoms with Gasteiger partial charge >= 0.3 is 7.12 Å². The minimum Gasteiger partial charge on any atom is -0.427 e. The van der Waals surface area contributed by atoms with E-state index in [0.29, 0.717) is 10.0 Å². The molecule has 0 atom stereocenters. The lowest BCUT2D eigenvalue weighted by Gasteiger charge is -2.13. The Bertz CT molecular complexity index is 385. The predicted octanol–water partition coefficient (Wildman–Crippen LogP) is 0.640. The van der Waals surface area contributed by atoms with Crippen LogP contribution in [0.15, 0.2) is 21.8 Å². The first-order valence-corrected chi connectivity index (χ1v) is 4.34. The molecule has 0 aromatic heterocycles. The molecule has 0 spiro atoms. The van der Waals surface area contributed by atoms with Gasteiger partial charge < -0.3 is 9.78 Å². The molecule has 0 saturated heterocycles. The van der Waals surface area contributed by atoms with Crippen molar-refractivity contribution in [2.75, 3.05) is 0 Å². The van der Waals surface area contributed by atoms with Gasteiger partial charge in [0.15, 0.2) is 0 Å². The minimum absolute atomic E-state index is 0.123. The van der Waals surface area contributed by atoms with E-state index in [1.54, 1.807) is 6.07 Å². The minimum atomic E-state index is -1.31. The zero-order chi connectivity index (χ0) is 9.42. The molecule has 0 radical (unpaired) electrons. The Balaban J connectivity index is 2.65. The van der Waals surface area contributed by atoms with E-state index in [1.807, 2.05) is 0 Å². The first kappa shape index (κ1) is 8.71. The lowest BCUT2D eigenvalue weighted by atomic mass is 9.76. The first-order valence-electron chi connectivity index (χ1n) is 3.54. The Morgan fingerprint density at radius 2 is 2.31 bits per heavy atom. The van der Waals surface area contributed by atoms with E-state index < -0.39 is 12.9 Å². The second-order valence-electron chi connectivity index (χ2n) is 2.58. The quantitative estimate of drug-likeness (QED) is 0.680. The van der Waals surface area contributed by atoms with Crippen LogP contribution in [0.1, 0.15) is 5.56 Å². The van der Waals surface area contributed by atoms with Crippen LogP contribution in [0.2, 0.25) is 0 Å². The maximum Gasteiger partial charge on any atom is 0.586 e. The molecule has 1 N–H and O–H groups in total. The van der Waals surface area contributed by atoms with Crippen molar-refractivity contribution in [2.45, 2.75) is 0 Å². The second kappa shape index (κ2) is 3.12. The average molecular weight is 244 g/mol. The normalized spacial score (nSPS) is 13.9. The second-order valence-corrected chi connectivity index (χ2v) is 3.50. The van der Waals surface area contributed by atoms with Crippen molar-refractivity contribution in [3.63, 3.8) is 0 Å². The van der Waals surface area contributed by atoms with Crippen LogP contribution in [-0.4, -0.2) is 18.4 Å². The van der Waals surface area contributed by atoms with Crippen molar-refractivity contribution < 1.29 is 14.2 Å². The summed E-state index contributed by atoms with van der Waals surface area (Å²) in [4.78, 5) is 0. The van der Waals surface area contributed by atoms with Gasteiger partial charge in [0.2, 0.25) is 0 Å². The van der Waals surface area contributed by atoms with Crippen molar-refractivity contribution in [1.82, 2.24) is 0 Å². The van der Waals surface area contributed by atoms with Gasteiger partial charge in [0.1, 0.15) is 5.82 Å². The highest BCUT2D eigenvalue weighted by Gasteiger charge is 2.29. The molecule has 13 heavy (non-hydrogen) atoms. The molecule has 6 heteroatoms. The standard InChI is InChI=1S/C7H4BBrFNO2/c9-5-1-4-3-11-13-8(12)7(4)6(10)2-5/h1-3,12H. The Labute approximate surface area is 82.5 Å². The first-order chi connectivity index (χ1) is 6.18. The van der Waals surface area contributed by atoms with E-state index in [2.05, 4.69) is 25.8 Å². The van der Waals surface area contributed by atoms with Crippen molar-refractivity contribution in [3.8, 4) is 0 Å². The van der Waals surface area contributed by atoms with Gasteiger partial charge in [0, 0.05) is 15.5 Å². The van der Waals surface area contributed by atoms with Gasteiger partial charge in [0.05, 0.1) is 6.21 Å². The molecule has 1 aliphatic heterocycles. The summed E-state index contributed by atoms with van der Waals surface area (Å²) in [6, 6.07) is 2.93. The summed E-state index contributed by atoms with van der Waals surface area (Å²) in [6.45, 7) is 0. The third-order valence-electron chi connectivity index (χ3n) is 1.73. The molecule has 3 nitrogen and oxygen atoms in total. The van der Waals surface area contributed by atoms with Gasteiger partial charge in [-0.25, -0.2) is 4.39 Å². The molecular formula is C7H4BBrFNO2. The number of hydrogen-bond donors (Lipinski definition) is 1. The molecule has 0 aliphatic carbocycles. The maximum atomic E-state index is 13.3. The van der Waals surface area contributed by atoms with E-state index in [9.17, 15) is 9.41 Å². The molecular weight excluding hydrogens is 240 g/mol. The van der Waals surface area contributed by atoms with Crippen LogP contribution < -0.4 is 5.46 Å². The predicted molar refractivity (Wildman–Crippen MR) is 50.4 cm³/mol. The number of nitrogens with zero attached hydrogens (tertiary/aromatic N) is 1. The van der Waals surface area contributed by atoms with Crippen molar-refractivity contribution in [2.24, 2.45) is 5.16 Å². The van der Waals surface area contributed by atoms with E-state index in [0.717, 1.165) is 0 Å². The SMILES string of the molecule is OB1ON=Cc2cc(Br)cc(F)c21. The number of fused-ring (bicyclic) bond motifs is 1. The molecule has 2 rings (SSSR count). The third kappa shape index (κ3) is 1.47. The lowest BCUT2D eigenvalue weighted by molar-refractivity contribution is 0.285. The van der Waals surface area contributed by atoms with Crippen molar-refractivity contribution in [1.29, 1.82) is 0 Å². The van der Waals surface area contributed by atoms with Gasteiger partial charge in [0.25, 0.3) is 0 Å².